The molecule has 0 aromatic carbocycles. The molecule has 2 N–H and O–H groups in total. The Balaban J connectivity index is 0.00000162. The van der Waals surface area contributed by atoms with Gasteiger partial charge in [0, 0.05) is 25.5 Å². The molecule has 1 aliphatic rings. The summed E-state index contributed by atoms with van der Waals surface area (Å²) in [6, 6.07) is 0.452. The van der Waals surface area contributed by atoms with Crippen LogP contribution in [-0.2, 0) is 6.54 Å². The van der Waals surface area contributed by atoms with Crippen LogP contribution in [0, 0.1) is 0 Å². The SMILES string of the molecule is CN(C(N)=NCc1nccn1C(F)F)C1CC1.I. The Labute approximate surface area is 121 Å². The van der Waals surface area contributed by atoms with Crippen molar-refractivity contribution in [2.75, 3.05) is 7.05 Å². The fraction of sp³-hybridized carbons (Fsp3) is 0.600. The molecule has 18 heavy (non-hydrogen) atoms. The molecule has 1 aromatic heterocycles. The van der Waals surface area contributed by atoms with Crippen molar-refractivity contribution in [2.24, 2.45) is 10.7 Å². The molecule has 0 unspecified atom stereocenters. The van der Waals surface area contributed by atoms with Crippen LogP contribution in [0.2, 0.25) is 0 Å². The number of aliphatic imine (C=N–C) groups is 1. The molecule has 5 nitrogen and oxygen atoms in total. The maximum atomic E-state index is 12.5. The van der Waals surface area contributed by atoms with Crippen molar-refractivity contribution in [1.82, 2.24) is 14.5 Å². The van der Waals surface area contributed by atoms with Crippen LogP contribution in [-0.4, -0.2) is 33.5 Å². The fourth-order valence-electron chi connectivity index (χ4n) is 1.56. The van der Waals surface area contributed by atoms with E-state index in [9.17, 15) is 8.78 Å². The highest BCUT2D eigenvalue weighted by Gasteiger charge is 2.27. The van der Waals surface area contributed by atoms with Crippen LogP contribution in [0.3, 0.4) is 0 Å². The summed E-state index contributed by atoms with van der Waals surface area (Å²) in [5.74, 6) is 0.587. The molecule has 0 atom stereocenters. The molecular formula is C10H16F2IN5. The van der Waals surface area contributed by atoms with Crippen molar-refractivity contribution in [3.63, 3.8) is 0 Å². The van der Waals surface area contributed by atoms with Crippen molar-refractivity contribution >= 4 is 29.9 Å². The second-order valence-electron chi connectivity index (χ2n) is 4.04. The molecule has 1 heterocycles. The smallest absolute Gasteiger partial charge is 0.319 e. The maximum absolute atomic E-state index is 12.5. The van der Waals surface area contributed by atoms with Gasteiger partial charge in [-0.15, -0.1) is 24.0 Å². The number of imidazole rings is 1. The first-order chi connectivity index (χ1) is 8.09. The number of guanidine groups is 1. The van der Waals surface area contributed by atoms with Gasteiger partial charge in [-0.05, 0) is 12.8 Å². The molecule has 0 amide bonds. The first-order valence-corrected chi connectivity index (χ1v) is 5.42. The van der Waals surface area contributed by atoms with E-state index < -0.39 is 6.55 Å². The van der Waals surface area contributed by atoms with E-state index in [1.165, 1.54) is 12.4 Å². The van der Waals surface area contributed by atoms with E-state index in [2.05, 4.69) is 9.98 Å². The van der Waals surface area contributed by atoms with E-state index in [0.29, 0.717) is 12.0 Å². The molecule has 0 saturated heterocycles. The van der Waals surface area contributed by atoms with Crippen LogP contribution in [0.15, 0.2) is 17.4 Å². The van der Waals surface area contributed by atoms with E-state index in [-0.39, 0.29) is 36.3 Å². The normalized spacial score (nSPS) is 15.7. The van der Waals surface area contributed by atoms with Gasteiger partial charge in [-0.25, -0.2) is 9.98 Å². The van der Waals surface area contributed by atoms with Crippen molar-refractivity contribution in [1.29, 1.82) is 0 Å². The molecule has 0 aliphatic heterocycles. The van der Waals surface area contributed by atoms with Gasteiger partial charge in [0.1, 0.15) is 12.4 Å². The Bertz CT molecular complexity index is 416. The fourth-order valence-corrected chi connectivity index (χ4v) is 1.56. The summed E-state index contributed by atoms with van der Waals surface area (Å²) < 4.78 is 25.8. The maximum Gasteiger partial charge on any atom is 0.319 e. The quantitative estimate of drug-likeness (QED) is 0.499. The van der Waals surface area contributed by atoms with E-state index in [1.807, 2.05) is 11.9 Å². The molecule has 1 fully saturated rings. The van der Waals surface area contributed by atoms with Gasteiger partial charge >= 0.3 is 6.55 Å². The highest BCUT2D eigenvalue weighted by Crippen LogP contribution is 2.25. The van der Waals surface area contributed by atoms with Gasteiger partial charge in [0.25, 0.3) is 0 Å². The lowest BCUT2D eigenvalue weighted by atomic mass is 10.5. The lowest BCUT2D eigenvalue weighted by Crippen LogP contribution is -2.35. The molecule has 1 aromatic rings. The zero-order chi connectivity index (χ0) is 12.4. The monoisotopic (exact) mass is 371 g/mol. The minimum absolute atomic E-state index is 0. The van der Waals surface area contributed by atoms with Crippen molar-refractivity contribution in [2.45, 2.75) is 32.0 Å². The summed E-state index contributed by atoms with van der Waals surface area (Å²) in [6.07, 6.45) is 4.78. The molecule has 2 rings (SSSR count). The summed E-state index contributed by atoms with van der Waals surface area (Å²) in [7, 11) is 1.86. The van der Waals surface area contributed by atoms with E-state index in [4.69, 9.17) is 5.73 Å². The summed E-state index contributed by atoms with van der Waals surface area (Å²) in [5, 5.41) is 0. The third-order valence-electron chi connectivity index (χ3n) is 2.80. The number of hydrogen-bond donors (Lipinski definition) is 1. The summed E-state index contributed by atoms with van der Waals surface area (Å²) in [5.41, 5.74) is 5.75. The van der Waals surface area contributed by atoms with Crippen LogP contribution in [0.5, 0.6) is 0 Å². The lowest BCUT2D eigenvalue weighted by molar-refractivity contribution is 0.0671. The van der Waals surface area contributed by atoms with Crippen molar-refractivity contribution < 1.29 is 8.78 Å². The molecule has 0 spiro atoms. The van der Waals surface area contributed by atoms with Crippen LogP contribution in [0.4, 0.5) is 8.78 Å². The van der Waals surface area contributed by atoms with Crippen LogP contribution in [0.25, 0.3) is 0 Å². The number of nitrogens with zero attached hydrogens (tertiary/aromatic N) is 4. The van der Waals surface area contributed by atoms with Gasteiger partial charge in [-0.1, -0.05) is 0 Å². The zero-order valence-corrected chi connectivity index (χ0v) is 12.3. The number of hydrogen-bond acceptors (Lipinski definition) is 2. The zero-order valence-electron chi connectivity index (χ0n) is 9.96. The van der Waals surface area contributed by atoms with Gasteiger partial charge in [-0.3, -0.25) is 4.57 Å². The van der Waals surface area contributed by atoms with Gasteiger partial charge in [0.2, 0.25) is 0 Å². The standard InChI is InChI=1S/C10H15F2N5.HI/c1-16(7-2-3-7)10(13)15-6-8-14-4-5-17(8)9(11)12;/h4-5,7,9H,2-3,6H2,1H3,(H2,13,15);1H. The summed E-state index contributed by atoms with van der Waals surface area (Å²) in [4.78, 5) is 9.78. The average Bonchev–Trinajstić information content (AvgIpc) is 3.03. The van der Waals surface area contributed by atoms with E-state index >= 15 is 0 Å². The van der Waals surface area contributed by atoms with E-state index in [0.717, 1.165) is 17.4 Å². The number of alkyl halides is 2. The molecular weight excluding hydrogens is 355 g/mol. The predicted octanol–water partition coefficient (Wildman–Crippen LogP) is 1.81. The Morgan fingerprint density at radius 2 is 2.33 bits per heavy atom. The van der Waals surface area contributed by atoms with Crippen LogP contribution in [0.1, 0.15) is 25.2 Å². The van der Waals surface area contributed by atoms with Crippen LogP contribution >= 0.6 is 24.0 Å². The van der Waals surface area contributed by atoms with Crippen LogP contribution < -0.4 is 5.73 Å². The molecule has 0 radical (unpaired) electrons. The largest absolute Gasteiger partial charge is 0.370 e. The molecule has 0 bridgehead atoms. The van der Waals surface area contributed by atoms with Crippen molar-refractivity contribution in [3.05, 3.63) is 18.2 Å². The Morgan fingerprint density at radius 3 is 2.89 bits per heavy atom. The number of rotatable bonds is 4. The highest BCUT2D eigenvalue weighted by molar-refractivity contribution is 14.0. The lowest BCUT2D eigenvalue weighted by Gasteiger charge is -2.16. The van der Waals surface area contributed by atoms with Crippen molar-refractivity contribution in [3.8, 4) is 0 Å². The Kier molecular flexibility index (Phi) is 5.29. The Morgan fingerprint density at radius 1 is 1.67 bits per heavy atom. The first-order valence-electron chi connectivity index (χ1n) is 5.42. The second kappa shape index (κ2) is 6.30. The topological polar surface area (TPSA) is 59.4 Å². The van der Waals surface area contributed by atoms with E-state index in [1.54, 1.807) is 0 Å². The molecule has 8 heteroatoms. The number of nitrogens with two attached hydrogens (primary N) is 1. The number of aromatic nitrogens is 2. The number of halogens is 3. The summed E-state index contributed by atoms with van der Waals surface area (Å²) in [6.45, 7) is -2.52. The second-order valence-corrected chi connectivity index (χ2v) is 4.04. The minimum Gasteiger partial charge on any atom is -0.370 e. The first kappa shape index (κ1) is 15.1. The van der Waals surface area contributed by atoms with Gasteiger partial charge in [-0.2, -0.15) is 8.78 Å². The molecule has 1 saturated carbocycles. The molecule has 102 valence electrons. The summed E-state index contributed by atoms with van der Waals surface area (Å²) >= 11 is 0. The average molecular weight is 371 g/mol. The third kappa shape index (κ3) is 3.53. The minimum atomic E-state index is -2.59. The van der Waals surface area contributed by atoms with Gasteiger partial charge in [0.15, 0.2) is 5.96 Å². The predicted molar refractivity (Wildman–Crippen MR) is 75.0 cm³/mol. The third-order valence-corrected chi connectivity index (χ3v) is 2.80. The van der Waals surface area contributed by atoms with Gasteiger partial charge in [0.05, 0.1) is 0 Å². The highest BCUT2D eigenvalue weighted by atomic mass is 127. The Hall–Kier alpha value is -0.930. The van der Waals surface area contributed by atoms with Gasteiger partial charge < -0.3 is 10.6 Å². The molecule has 1 aliphatic carbocycles.